The van der Waals surface area contributed by atoms with E-state index in [-0.39, 0.29) is 12.0 Å². The molecule has 0 unspecified atom stereocenters. The zero-order valence-electron chi connectivity index (χ0n) is 8.24. The molecule has 0 aliphatic carbocycles. The fraction of sp³-hybridized carbons (Fsp3) is 0.778. The second-order valence-corrected chi connectivity index (χ2v) is 3.07. The summed E-state index contributed by atoms with van der Waals surface area (Å²) in [4.78, 5) is 15.4. The normalized spacial score (nSPS) is 26.5. The minimum atomic E-state index is -0.523. The second kappa shape index (κ2) is 4.25. The monoisotopic (exact) mass is 185 g/mol. The Morgan fingerprint density at radius 1 is 1.69 bits per heavy atom. The SMILES string of the molecule is CCC[C@@H]1N=C(C)O[C@@H]1C(=O)OC. The highest BCUT2D eigenvalue weighted by Gasteiger charge is 2.35. The lowest BCUT2D eigenvalue weighted by molar-refractivity contribution is -0.149. The molecule has 4 heteroatoms. The number of methoxy groups -OCH3 is 1. The molecule has 2 atom stereocenters. The minimum absolute atomic E-state index is 0.0579. The van der Waals surface area contributed by atoms with Crippen LogP contribution in [0.5, 0.6) is 0 Å². The minimum Gasteiger partial charge on any atom is -0.466 e. The van der Waals surface area contributed by atoms with Gasteiger partial charge in [-0.25, -0.2) is 9.79 Å². The Morgan fingerprint density at radius 3 is 2.92 bits per heavy atom. The first kappa shape index (κ1) is 10.0. The van der Waals surface area contributed by atoms with Crippen LogP contribution in [0.4, 0.5) is 0 Å². The van der Waals surface area contributed by atoms with Gasteiger partial charge in [0.2, 0.25) is 6.10 Å². The quantitative estimate of drug-likeness (QED) is 0.619. The lowest BCUT2D eigenvalue weighted by atomic mass is 10.1. The summed E-state index contributed by atoms with van der Waals surface area (Å²) in [6, 6.07) is -0.0579. The van der Waals surface area contributed by atoms with Crippen LogP contribution in [0, 0.1) is 0 Å². The molecule has 0 fully saturated rings. The molecule has 0 N–H and O–H groups in total. The van der Waals surface area contributed by atoms with Crippen molar-refractivity contribution in [1.82, 2.24) is 0 Å². The fourth-order valence-electron chi connectivity index (χ4n) is 1.43. The van der Waals surface area contributed by atoms with Crippen LogP contribution in [-0.4, -0.2) is 31.1 Å². The van der Waals surface area contributed by atoms with E-state index in [1.807, 2.05) is 0 Å². The highest BCUT2D eigenvalue weighted by Crippen LogP contribution is 2.18. The average molecular weight is 185 g/mol. The molecule has 0 bridgehead atoms. The summed E-state index contributed by atoms with van der Waals surface area (Å²) in [6.07, 6.45) is 1.32. The van der Waals surface area contributed by atoms with Crippen molar-refractivity contribution in [3.63, 3.8) is 0 Å². The fourth-order valence-corrected chi connectivity index (χ4v) is 1.43. The third-order valence-electron chi connectivity index (χ3n) is 2.01. The van der Waals surface area contributed by atoms with Crippen LogP contribution in [0.2, 0.25) is 0 Å². The summed E-state index contributed by atoms with van der Waals surface area (Å²) in [5, 5.41) is 0. The zero-order valence-corrected chi connectivity index (χ0v) is 8.24. The predicted molar refractivity (Wildman–Crippen MR) is 48.7 cm³/mol. The Morgan fingerprint density at radius 2 is 2.38 bits per heavy atom. The molecule has 1 heterocycles. The van der Waals surface area contributed by atoms with Crippen molar-refractivity contribution in [3.05, 3.63) is 0 Å². The van der Waals surface area contributed by atoms with Crippen molar-refractivity contribution in [1.29, 1.82) is 0 Å². The van der Waals surface area contributed by atoms with Gasteiger partial charge >= 0.3 is 5.97 Å². The van der Waals surface area contributed by atoms with Gasteiger partial charge in [-0.3, -0.25) is 0 Å². The van der Waals surface area contributed by atoms with Crippen molar-refractivity contribution < 1.29 is 14.3 Å². The van der Waals surface area contributed by atoms with Crippen LogP contribution < -0.4 is 0 Å². The molecule has 0 aromatic carbocycles. The van der Waals surface area contributed by atoms with E-state index < -0.39 is 6.10 Å². The molecule has 0 radical (unpaired) electrons. The van der Waals surface area contributed by atoms with Gasteiger partial charge in [0, 0.05) is 6.92 Å². The Bertz CT molecular complexity index is 225. The van der Waals surface area contributed by atoms with E-state index >= 15 is 0 Å². The van der Waals surface area contributed by atoms with Crippen molar-refractivity contribution >= 4 is 11.9 Å². The Hall–Kier alpha value is -1.06. The predicted octanol–water partition coefficient (Wildman–Crippen LogP) is 1.15. The summed E-state index contributed by atoms with van der Waals surface area (Å²) in [5.41, 5.74) is 0. The van der Waals surface area contributed by atoms with Crippen LogP contribution in [0.25, 0.3) is 0 Å². The van der Waals surface area contributed by atoms with Crippen molar-refractivity contribution in [3.8, 4) is 0 Å². The van der Waals surface area contributed by atoms with E-state index in [2.05, 4.69) is 16.7 Å². The first-order chi connectivity index (χ1) is 6.19. The maximum Gasteiger partial charge on any atom is 0.349 e. The maximum atomic E-state index is 11.2. The lowest BCUT2D eigenvalue weighted by Crippen LogP contribution is -2.32. The Labute approximate surface area is 77.9 Å². The molecule has 1 rings (SSSR count). The lowest BCUT2D eigenvalue weighted by Gasteiger charge is -2.13. The van der Waals surface area contributed by atoms with Gasteiger partial charge in [-0.2, -0.15) is 0 Å². The topological polar surface area (TPSA) is 47.9 Å². The third kappa shape index (κ3) is 2.20. The van der Waals surface area contributed by atoms with Gasteiger partial charge in [-0.1, -0.05) is 13.3 Å². The summed E-state index contributed by atoms with van der Waals surface area (Å²) in [7, 11) is 1.36. The number of rotatable bonds is 3. The number of aliphatic imine (C=N–C) groups is 1. The zero-order chi connectivity index (χ0) is 9.84. The van der Waals surface area contributed by atoms with Crippen LogP contribution in [0.1, 0.15) is 26.7 Å². The van der Waals surface area contributed by atoms with Gasteiger partial charge in [0.25, 0.3) is 0 Å². The van der Waals surface area contributed by atoms with E-state index in [4.69, 9.17) is 4.74 Å². The van der Waals surface area contributed by atoms with E-state index in [1.54, 1.807) is 6.92 Å². The van der Waals surface area contributed by atoms with Crippen LogP contribution in [0.15, 0.2) is 4.99 Å². The maximum absolute atomic E-state index is 11.2. The number of carbonyl (C=O) groups is 1. The van der Waals surface area contributed by atoms with Crippen molar-refractivity contribution in [2.75, 3.05) is 7.11 Å². The summed E-state index contributed by atoms with van der Waals surface area (Å²) in [5.74, 6) is 0.243. The molecule has 0 aromatic heterocycles. The van der Waals surface area contributed by atoms with Crippen LogP contribution >= 0.6 is 0 Å². The number of nitrogens with zero attached hydrogens (tertiary/aromatic N) is 1. The number of carbonyl (C=O) groups excluding carboxylic acids is 1. The summed E-state index contributed by atoms with van der Waals surface area (Å²) < 4.78 is 9.88. The highest BCUT2D eigenvalue weighted by atomic mass is 16.6. The van der Waals surface area contributed by atoms with E-state index in [9.17, 15) is 4.79 Å². The first-order valence-corrected chi connectivity index (χ1v) is 4.48. The molecule has 0 aromatic rings. The average Bonchev–Trinajstić information content (AvgIpc) is 2.46. The van der Waals surface area contributed by atoms with Crippen LogP contribution in [-0.2, 0) is 14.3 Å². The van der Waals surface area contributed by atoms with Crippen molar-refractivity contribution in [2.45, 2.75) is 38.8 Å². The molecule has 0 saturated carbocycles. The number of esters is 1. The van der Waals surface area contributed by atoms with Crippen LogP contribution in [0.3, 0.4) is 0 Å². The number of hydrogen-bond acceptors (Lipinski definition) is 4. The number of ether oxygens (including phenoxy) is 2. The molecular weight excluding hydrogens is 170 g/mol. The van der Waals surface area contributed by atoms with Gasteiger partial charge < -0.3 is 9.47 Å². The highest BCUT2D eigenvalue weighted by molar-refractivity contribution is 5.84. The van der Waals surface area contributed by atoms with Crippen molar-refractivity contribution in [2.24, 2.45) is 4.99 Å². The standard InChI is InChI=1S/C9H15NO3/c1-4-5-7-8(9(11)12-3)13-6(2)10-7/h7-8H,4-5H2,1-3H3/t7-,8-/m0/s1. The molecule has 1 aliphatic rings. The van der Waals surface area contributed by atoms with E-state index in [0.29, 0.717) is 5.90 Å². The molecular formula is C9H15NO3. The van der Waals surface area contributed by atoms with Gasteiger partial charge in [-0.05, 0) is 6.42 Å². The van der Waals surface area contributed by atoms with E-state index in [1.165, 1.54) is 7.11 Å². The third-order valence-corrected chi connectivity index (χ3v) is 2.01. The molecule has 13 heavy (non-hydrogen) atoms. The smallest absolute Gasteiger partial charge is 0.349 e. The molecule has 0 spiro atoms. The summed E-state index contributed by atoms with van der Waals surface area (Å²) in [6.45, 7) is 3.81. The Balaban J connectivity index is 2.61. The Kier molecular flexibility index (Phi) is 3.28. The molecule has 1 aliphatic heterocycles. The van der Waals surface area contributed by atoms with Gasteiger partial charge in [0.05, 0.1) is 7.11 Å². The van der Waals surface area contributed by atoms with E-state index in [0.717, 1.165) is 12.8 Å². The molecule has 4 nitrogen and oxygen atoms in total. The molecule has 74 valence electrons. The first-order valence-electron chi connectivity index (χ1n) is 4.48. The van der Waals surface area contributed by atoms with Gasteiger partial charge in [0.1, 0.15) is 6.04 Å². The number of hydrogen-bond donors (Lipinski definition) is 0. The summed E-state index contributed by atoms with van der Waals surface area (Å²) >= 11 is 0. The van der Waals surface area contributed by atoms with Gasteiger partial charge in [-0.15, -0.1) is 0 Å². The largest absolute Gasteiger partial charge is 0.466 e. The van der Waals surface area contributed by atoms with Gasteiger partial charge in [0.15, 0.2) is 5.90 Å². The molecule has 0 saturated heterocycles. The second-order valence-electron chi connectivity index (χ2n) is 3.07. The molecule has 0 amide bonds.